The highest BCUT2D eigenvalue weighted by molar-refractivity contribution is 6.02. The van der Waals surface area contributed by atoms with E-state index in [2.05, 4.69) is 0 Å². The van der Waals surface area contributed by atoms with Gasteiger partial charge in [-0.3, -0.25) is 14.5 Å². The summed E-state index contributed by atoms with van der Waals surface area (Å²) in [5.74, 6) is -0.596. The number of benzene rings is 1. The predicted octanol–water partition coefficient (Wildman–Crippen LogP) is 1.81. The number of hydrogen-bond donors (Lipinski definition) is 1. The van der Waals surface area contributed by atoms with Gasteiger partial charge >= 0.3 is 0 Å². The van der Waals surface area contributed by atoms with E-state index in [-0.39, 0.29) is 24.9 Å². The number of carbonyl (C=O) groups excluding carboxylic acids is 2. The molecule has 0 radical (unpaired) electrons. The zero-order chi connectivity index (χ0) is 18.0. The molecule has 25 heavy (non-hydrogen) atoms. The van der Waals surface area contributed by atoms with Crippen molar-refractivity contribution in [2.45, 2.75) is 44.4 Å². The number of likely N-dealkylation sites (tertiary alicyclic amines) is 1. The molecule has 1 saturated heterocycles. The quantitative estimate of drug-likeness (QED) is 0.828. The Morgan fingerprint density at radius 3 is 2.88 bits per heavy atom. The maximum atomic E-state index is 13.7. The van der Waals surface area contributed by atoms with Crippen molar-refractivity contribution in [3.05, 3.63) is 42.0 Å². The first-order chi connectivity index (χ1) is 12.0. The van der Waals surface area contributed by atoms with Gasteiger partial charge in [-0.1, -0.05) is 31.2 Å². The molecule has 0 bridgehead atoms. The highest BCUT2D eigenvalue weighted by Gasteiger charge is 2.38. The van der Waals surface area contributed by atoms with Crippen molar-refractivity contribution in [1.29, 1.82) is 0 Å². The summed E-state index contributed by atoms with van der Waals surface area (Å²) in [6, 6.07) is 7.09. The van der Waals surface area contributed by atoms with E-state index in [9.17, 15) is 14.0 Å². The summed E-state index contributed by atoms with van der Waals surface area (Å²) in [5, 5.41) is 0. The topological polar surface area (TPSA) is 66.6 Å². The van der Waals surface area contributed by atoms with E-state index in [1.807, 2.05) is 31.2 Å². The second-order valence-corrected chi connectivity index (χ2v) is 6.65. The number of fused-ring (bicyclic) bond motifs is 1. The molecule has 1 aromatic rings. The number of halogens is 1. The summed E-state index contributed by atoms with van der Waals surface area (Å²) in [4.78, 5) is 27.7. The predicted molar refractivity (Wildman–Crippen MR) is 94.9 cm³/mol. The van der Waals surface area contributed by atoms with Crippen molar-refractivity contribution in [3.63, 3.8) is 0 Å². The molecule has 2 aliphatic rings. The number of primary amides is 1. The van der Waals surface area contributed by atoms with E-state index in [4.69, 9.17) is 5.73 Å². The summed E-state index contributed by atoms with van der Waals surface area (Å²) >= 11 is 0. The van der Waals surface area contributed by atoms with Gasteiger partial charge < -0.3 is 10.6 Å². The Hall–Kier alpha value is -2.21. The molecule has 2 heterocycles. The summed E-state index contributed by atoms with van der Waals surface area (Å²) in [6.07, 6.45) is 3.93. The fraction of sp³-hybridized carbons (Fsp3) is 0.474. The van der Waals surface area contributed by atoms with E-state index in [0.29, 0.717) is 13.0 Å². The third kappa shape index (κ3) is 3.58. The number of carbonyl (C=O) groups is 2. The van der Waals surface area contributed by atoms with Crippen LogP contribution in [-0.4, -0.2) is 48.1 Å². The zero-order valence-electron chi connectivity index (χ0n) is 14.4. The number of nitrogens with zero attached hydrogens (tertiary/aromatic N) is 2. The molecule has 1 fully saturated rings. The molecule has 2 N–H and O–H groups in total. The second-order valence-electron chi connectivity index (χ2n) is 6.65. The van der Waals surface area contributed by atoms with Gasteiger partial charge in [-0.25, -0.2) is 4.39 Å². The maximum Gasteiger partial charge on any atom is 0.250 e. The van der Waals surface area contributed by atoms with Crippen molar-refractivity contribution < 1.29 is 14.0 Å². The first-order valence-electron chi connectivity index (χ1n) is 8.78. The third-order valence-corrected chi connectivity index (χ3v) is 5.08. The Morgan fingerprint density at radius 1 is 1.40 bits per heavy atom. The summed E-state index contributed by atoms with van der Waals surface area (Å²) in [6.45, 7) is 2.80. The van der Waals surface area contributed by atoms with Gasteiger partial charge in [0.25, 0.3) is 5.91 Å². The molecule has 0 unspecified atom stereocenters. The van der Waals surface area contributed by atoms with Crippen molar-refractivity contribution in [1.82, 2.24) is 4.90 Å². The summed E-state index contributed by atoms with van der Waals surface area (Å²) in [7, 11) is 0. The van der Waals surface area contributed by atoms with E-state index in [1.165, 1.54) is 5.56 Å². The Labute approximate surface area is 147 Å². The molecule has 2 aliphatic heterocycles. The molecule has 6 heteroatoms. The van der Waals surface area contributed by atoms with Gasteiger partial charge in [-0.15, -0.1) is 0 Å². The number of nitrogens with two attached hydrogens (primary N) is 1. The number of anilines is 1. The average molecular weight is 345 g/mol. The smallest absolute Gasteiger partial charge is 0.250 e. The monoisotopic (exact) mass is 345 g/mol. The lowest BCUT2D eigenvalue weighted by Gasteiger charge is -2.28. The van der Waals surface area contributed by atoms with Gasteiger partial charge in [0, 0.05) is 37.3 Å². The second kappa shape index (κ2) is 7.35. The van der Waals surface area contributed by atoms with Crippen molar-refractivity contribution in [2.75, 3.05) is 18.0 Å². The number of amides is 2. The number of alkyl halides is 1. The van der Waals surface area contributed by atoms with Gasteiger partial charge in [-0.05, 0) is 24.5 Å². The number of para-hydroxylation sites is 1. The van der Waals surface area contributed by atoms with Gasteiger partial charge in [0.05, 0.1) is 6.04 Å². The highest BCUT2D eigenvalue weighted by atomic mass is 19.1. The number of hydrogen-bond acceptors (Lipinski definition) is 3. The van der Waals surface area contributed by atoms with Gasteiger partial charge in [0.1, 0.15) is 6.17 Å². The van der Waals surface area contributed by atoms with Crippen molar-refractivity contribution in [3.8, 4) is 0 Å². The lowest BCUT2D eigenvalue weighted by atomic mass is 10.1. The fourth-order valence-electron chi connectivity index (χ4n) is 3.79. The van der Waals surface area contributed by atoms with Crippen LogP contribution in [0.3, 0.4) is 0 Å². The lowest BCUT2D eigenvalue weighted by molar-refractivity contribution is -0.122. The molecule has 2 amide bonds. The summed E-state index contributed by atoms with van der Waals surface area (Å²) in [5.41, 5.74) is 7.53. The molecule has 5 nitrogen and oxygen atoms in total. The van der Waals surface area contributed by atoms with Crippen molar-refractivity contribution >= 4 is 17.5 Å². The zero-order valence-corrected chi connectivity index (χ0v) is 14.4. The van der Waals surface area contributed by atoms with Gasteiger partial charge in [0.2, 0.25) is 5.91 Å². The van der Waals surface area contributed by atoms with Crippen molar-refractivity contribution in [2.24, 2.45) is 5.73 Å². The molecule has 0 aliphatic carbocycles. The van der Waals surface area contributed by atoms with Crippen LogP contribution in [0.15, 0.2) is 36.4 Å². The molecular weight excluding hydrogens is 321 g/mol. The molecule has 3 rings (SSSR count). The normalized spacial score (nSPS) is 24.6. The van der Waals surface area contributed by atoms with Crippen LogP contribution in [0.5, 0.6) is 0 Å². The first-order valence-corrected chi connectivity index (χ1v) is 8.78. The largest absolute Gasteiger partial charge is 0.368 e. The third-order valence-electron chi connectivity index (χ3n) is 5.08. The van der Waals surface area contributed by atoms with Crippen LogP contribution >= 0.6 is 0 Å². The van der Waals surface area contributed by atoms with Gasteiger partial charge in [-0.2, -0.15) is 0 Å². The van der Waals surface area contributed by atoms with Crippen LogP contribution in [-0.2, 0) is 16.0 Å². The minimum atomic E-state index is -1.05. The lowest BCUT2D eigenvalue weighted by Crippen LogP contribution is -2.45. The maximum absolute atomic E-state index is 13.7. The fourth-order valence-corrected chi connectivity index (χ4v) is 3.79. The average Bonchev–Trinajstić information content (AvgIpc) is 3.19. The minimum absolute atomic E-state index is 0.0879. The SMILES string of the molecule is CC[C@@H](/C=C/C(=O)N1CCc2ccccc21)N1C[C@@H](F)C[C@H]1C(N)=O. The molecular formula is C19H24FN3O2. The molecule has 1 aromatic carbocycles. The van der Waals surface area contributed by atoms with E-state index < -0.39 is 18.1 Å². The summed E-state index contributed by atoms with van der Waals surface area (Å²) < 4.78 is 13.7. The molecule has 0 saturated carbocycles. The van der Waals surface area contributed by atoms with Crippen LogP contribution < -0.4 is 10.6 Å². The molecule has 134 valence electrons. The Balaban J connectivity index is 1.71. The van der Waals surface area contributed by atoms with Crippen LogP contribution in [0.25, 0.3) is 0 Å². The minimum Gasteiger partial charge on any atom is -0.368 e. The highest BCUT2D eigenvalue weighted by Crippen LogP contribution is 2.28. The standard InChI is InChI=1S/C19H24FN3O2/c1-2-15(23-12-14(20)11-17(23)19(21)25)7-8-18(24)22-10-9-13-5-3-4-6-16(13)22/h3-8,14-15,17H,2,9-12H2,1H3,(H2,21,25)/b8-7+/t14-,15-,17-/m0/s1. The Morgan fingerprint density at radius 2 is 2.16 bits per heavy atom. The number of rotatable bonds is 5. The molecule has 0 spiro atoms. The molecule has 0 aromatic heterocycles. The Bertz CT molecular complexity index is 691. The first kappa shape index (κ1) is 17.6. The van der Waals surface area contributed by atoms with Crippen LogP contribution in [0, 0.1) is 0 Å². The molecule has 3 atom stereocenters. The van der Waals surface area contributed by atoms with Gasteiger partial charge in [0.15, 0.2) is 0 Å². The van der Waals surface area contributed by atoms with Crippen LogP contribution in [0.4, 0.5) is 10.1 Å². The Kier molecular flexibility index (Phi) is 5.18. The van der Waals surface area contributed by atoms with E-state index in [0.717, 1.165) is 12.1 Å². The van der Waals surface area contributed by atoms with E-state index in [1.54, 1.807) is 22.0 Å². The van der Waals surface area contributed by atoms with Crippen LogP contribution in [0.1, 0.15) is 25.3 Å². The van der Waals surface area contributed by atoms with Crippen LogP contribution in [0.2, 0.25) is 0 Å². The van der Waals surface area contributed by atoms with E-state index >= 15 is 0 Å².